The molecule has 7 nitrogen and oxygen atoms in total. The third-order valence-corrected chi connectivity index (χ3v) is 5.12. The summed E-state index contributed by atoms with van der Waals surface area (Å²) in [6.45, 7) is -3.60. The number of hydrogen-bond acceptors (Lipinski definition) is 4. The van der Waals surface area contributed by atoms with Gasteiger partial charge in [0, 0.05) is 39.7 Å². The zero-order valence-electron chi connectivity index (χ0n) is 23.0. The number of halogens is 3. The number of nitrogens with one attached hydrogen (secondary N) is 2. The molecule has 32 heavy (non-hydrogen) atoms. The lowest BCUT2D eigenvalue weighted by Crippen LogP contribution is -2.52. The Labute approximate surface area is 196 Å². The fourth-order valence-electron chi connectivity index (χ4n) is 3.25. The Balaban J connectivity index is 1.62. The van der Waals surface area contributed by atoms with E-state index in [-0.39, 0.29) is 21.5 Å². The Hall–Kier alpha value is -3.33. The Kier molecular flexibility index (Phi) is 3.81. The smallest absolute Gasteiger partial charge is 0.346 e. The highest BCUT2D eigenvalue weighted by Crippen LogP contribution is 2.30. The summed E-state index contributed by atoms with van der Waals surface area (Å²) in [4.78, 5) is 50.8. The van der Waals surface area contributed by atoms with Crippen LogP contribution in [0.1, 0.15) is 46.7 Å². The molecule has 1 saturated heterocycles. The van der Waals surface area contributed by atoms with E-state index in [1.165, 1.54) is 0 Å². The fraction of sp³-hybridized carbons (Fsp3) is 0.273. The van der Waals surface area contributed by atoms with Gasteiger partial charge in [-0.25, -0.2) is 0 Å². The van der Waals surface area contributed by atoms with Crippen LogP contribution >= 0.6 is 11.6 Å². The number of carbonyl (C=O) groups excluding carboxylic acids is 4. The molecule has 2 N–H and O–H groups in total. The van der Waals surface area contributed by atoms with Crippen LogP contribution in [-0.2, 0) is 33.3 Å². The Morgan fingerprint density at radius 1 is 1.31 bits per heavy atom. The molecule has 0 radical (unpaired) electrons. The van der Waals surface area contributed by atoms with Crippen molar-refractivity contribution in [1.29, 1.82) is 0 Å². The van der Waals surface area contributed by atoms with Crippen molar-refractivity contribution in [2.75, 3.05) is 0 Å². The number of rotatable bonds is 5. The van der Waals surface area contributed by atoms with Gasteiger partial charge in [-0.2, -0.15) is 8.78 Å². The van der Waals surface area contributed by atoms with Crippen molar-refractivity contribution in [3.63, 3.8) is 0 Å². The van der Waals surface area contributed by atoms with Crippen molar-refractivity contribution in [2.24, 2.45) is 0 Å². The average molecular weight is 469 g/mol. The van der Waals surface area contributed by atoms with Gasteiger partial charge in [-0.05, 0) is 35.7 Å². The standard InChI is InChI=1S/C22H18ClF2N3O4/c23-15-4-2-14(3-5-15)22(24,25)21(32)26-10-12-1-6-16-13(9-12)11-28(20(16)31)17-7-8-18(29)27-19(17)30/h1-6,9,17H,7-8,10-11H2,(H,26,32)(H,27,29,30)/i7D,8D2,10D2/hD2. The second-order valence-corrected chi connectivity index (χ2v) is 7.36. The molecule has 0 aliphatic carbocycles. The van der Waals surface area contributed by atoms with E-state index in [9.17, 15) is 28.0 Å². The minimum absolute atomic E-state index is 0.0284. The van der Waals surface area contributed by atoms with E-state index < -0.39 is 77.8 Å². The predicted molar refractivity (Wildman–Crippen MR) is 110 cm³/mol. The van der Waals surface area contributed by atoms with Gasteiger partial charge in [0.05, 0.1) is 2.74 Å². The van der Waals surface area contributed by atoms with Gasteiger partial charge in [0.25, 0.3) is 11.8 Å². The number of alkyl halides is 2. The van der Waals surface area contributed by atoms with E-state index in [2.05, 4.69) is 0 Å². The number of amides is 4. The zero-order valence-corrected chi connectivity index (χ0v) is 16.8. The fourth-order valence-corrected chi connectivity index (χ4v) is 3.37. The quantitative estimate of drug-likeness (QED) is 0.659. The van der Waals surface area contributed by atoms with Crippen molar-refractivity contribution in [3.8, 4) is 0 Å². The van der Waals surface area contributed by atoms with Crippen molar-refractivity contribution in [1.82, 2.24) is 15.5 Å². The summed E-state index contributed by atoms with van der Waals surface area (Å²) in [7, 11) is 0. The largest absolute Gasteiger partial charge is 0.349 e. The summed E-state index contributed by atoms with van der Waals surface area (Å²) < 4.78 is 85.3. The van der Waals surface area contributed by atoms with Crippen LogP contribution in [0.15, 0.2) is 42.5 Å². The molecule has 2 aromatic rings. The van der Waals surface area contributed by atoms with E-state index >= 15 is 0 Å². The van der Waals surface area contributed by atoms with E-state index in [0.717, 1.165) is 47.4 Å². The molecule has 0 spiro atoms. The van der Waals surface area contributed by atoms with Crippen molar-refractivity contribution in [3.05, 3.63) is 69.7 Å². The highest BCUT2D eigenvalue weighted by atomic mass is 35.5. The molecular formula is C22H18ClF2N3O4. The molecule has 2 atom stereocenters. The number of benzene rings is 2. The van der Waals surface area contributed by atoms with Crippen LogP contribution in [0, 0.1) is 0 Å². The average Bonchev–Trinajstić information content (AvgIpc) is 3.21. The van der Waals surface area contributed by atoms with Gasteiger partial charge in [-0.15, -0.1) is 0 Å². The first kappa shape index (κ1) is 14.7. The maximum absolute atomic E-state index is 14.8. The van der Waals surface area contributed by atoms with Crippen molar-refractivity contribution >= 4 is 35.2 Å². The monoisotopic (exact) mass is 468 g/mol. The lowest BCUT2D eigenvalue weighted by atomic mass is 10.0. The number of nitrogens with zero attached hydrogens (tertiary/aromatic N) is 1. The maximum atomic E-state index is 14.8. The normalized spacial score (nSPS) is 26.2. The molecule has 2 aromatic carbocycles. The van der Waals surface area contributed by atoms with Crippen LogP contribution in [0.3, 0.4) is 0 Å². The van der Waals surface area contributed by atoms with Gasteiger partial charge in [0.15, 0.2) is 2.82 Å². The SMILES string of the molecule is [2H]C1C(N2Cc3cc(C([2H])([2H])N([2H])C(=O)C(F)(F)c4ccc(Cl)cc4)ccc3C2=O)C(=O)N([2H])C(=O)C1([2H])[2H]. The third-order valence-electron chi connectivity index (χ3n) is 4.86. The highest BCUT2D eigenvalue weighted by Gasteiger charge is 2.41. The summed E-state index contributed by atoms with van der Waals surface area (Å²) in [6, 6.07) is 5.14. The Morgan fingerprint density at radius 2 is 2.03 bits per heavy atom. The van der Waals surface area contributed by atoms with Crippen LogP contribution in [0.2, 0.25) is 7.85 Å². The van der Waals surface area contributed by atoms with E-state index in [4.69, 9.17) is 21.3 Å². The zero-order chi connectivity index (χ0) is 29.2. The minimum atomic E-state index is -4.29. The third kappa shape index (κ3) is 4.08. The minimum Gasteiger partial charge on any atom is -0.346 e. The highest BCUT2D eigenvalue weighted by molar-refractivity contribution is 6.30. The molecule has 0 bridgehead atoms. The molecule has 4 amide bonds. The molecule has 0 saturated carbocycles. The van der Waals surface area contributed by atoms with E-state index in [1.54, 1.807) is 0 Å². The Morgan fingerprint density at radius 3 is 2.75 bits per heavy atom. The first-order chi connectivity index (χ1) is 17.9. The van der Waals surface area contributed by atoms with Crippen LogP contribution in [0.25, 0.3) is 0 Å². The van der Waals surface area contributed by atoms with Crippen LogP contribution in [-0.4, -0.2) is 34.6 Å². The summed E-state index contributed by atoms with van der Waals surface area (Å²) in [5.74, 6) is -10.2. The molecule has 2 aliphatic rings. The lowest BCUT2D eigenvalue weighted by molar-refractivity contribution is -0.147. The lowest BCUT2D eigenvalue weighted by Gasteiger charge is -2.29. The number of piperidine rings is 1. The summed E-state index contributed by atoms with van der Waals surface area (Å²) in [5, 5.41) is -0.660. The van der Waals surface area contributed by atoms with Crippen molar-refractivity contribution in [2.45, 2.75) is 37.8 Å². The molecule has 2 unspecified atom stereocenters. The molecule has 0 aromatic heterocycles. The molecule has 1 fully saturated rings. The number of imide groups is 1. The van der Waals surface area contributed by atoms with E-state index in [1.807, 2.05) is 0 Å². The second-order valence-electron chi connectivity index (χ2n) is 6.93. The molecule has 4 rings (SSSR count). The first-order valence-corrected chi connectivity index (χ1v) is 9.53. The van der Waals surface area contributed by atoms with Crippen molar-refractivity contribution < 1.29 is 37.6 Å². The molecular weight excluding hydrogens is 444 g/mol. The van der Waals surface area contributed by atoms with Gasteiger partial charge in [-0.1, -0.05) is 35.9 Å². The van der Waals surface area contributed by atoms with Crippen LogP contribution in [0.4, 0.5) is 8.78 Å². The summed E-state index contributed by atoms with van der Waals surface area (Å²) >= 11 is 5.68. The Bertz CT molecular complexity index is 1400. The van der Waals surface area contributed by atoms with Gasteiger partial charge in [0.1, 0.15) is 6.04 Å². The maximum Gasteiger partial charge on any atom is 0.349 e. The van der Waals surface area contributed by atoms with Gasteiger partial charge in [0.2, 0.25) is 11.8 Å². The number of hydrogen-bond donors (Lipinski definition) is 2. The van der Waals surface area contributed by atoms with E-state index in [0.29, 0.717) is 0 Å². The van der Waals surface area contributed by atoms with Gasteiger partial charge >= 0.3 is 5.92 Å². The second kappa shape index (κ2) is 8.31. The van der Waals surface area contributed by atoms with Crippen LogP contribution < -0.4 is 10.6 Å². The first-order valence-electron chi connectivity index (χ1n) is 12.6. The summed E-state index contributed by atoms with van der Waals surface area (Å²) in [5.41, 5.74) is -1.35. The predicted octanol–water partition coefficient (Wildman–Crippen LogP) is 2.51. The number of carbonyl (C=O) groups is 4. The molecule has 2 heterocycles. The molecule has 2 aliphatic heterocycles. The summed E-state index contributed by atoms with van der Waals surface area (Å²) in [6.07, 6.45) is -5.03. The molecule has 166 valence electrons. The van der Waals surface area contributed by atoms with Gasteiger partial charge in [-0.3, -0.25) is 24.5 Å². The topological polar surface area (TPSA) is 95.6 Å². The molecule has 10 heteroatoms. The van der Waals surface area contributed by atoms with Crippen LogP contribution in [0.5, 0.6) is 0 Å². The number of fused-ring (bicyclic) bond motifs is 1. The van der Waals surface area contributed by atoms with Gasteiger partial charge < -0.3 is 10.2 Å².